The molecule has 88 valence electrons. The Morgan fingerprint density at radius 2 is 2.50 bits per heavy atom. The fourth-order valence-corrected chi connectivity index (χ4v) is 2.35. The van der Waals surface area contributed by atoms with Crippen LogP contribution in [0.25, 0.3) is 0 Å². The third kappa shape index (κ3) is 2.30. The van der Waals surface area contributed by atoms with Crippen molar-refractivity contribution in [3.8, 4) is 0 Å². The summed E-state index contributed by atoms with van der Waals surface area (Å²) in [4.78, 5) is 11.9. The summed E-state index contributed by atoms with van der Waals surface area (Å²) in [6, 6.07) is 0. The van der Waals surface area contributed by atoms with Gasteiger partial charge >= 0.3 is 0 Å². The number of aromatic nitrogens is 2. The summed E-state index contributed by atoms with van der Waals surface area (Å²) in [5, 5.41) is 10.9. The van der Waals surface area contributed by atoms with E-state index in [2.05, 4.69) is 15.5 Å². The molecule has 0 aromatic carbocycles. The maximum absolute atomic E-state index is 11.9. The summed E-state index contributed by atoms with van der Waals surface area (Å²) in [6.45, 7) is 2.66. The van der Waals surface area contributed by atoms with Crippen molar-refractivity contribution >= 4 is 27.5 Å². The van der Waals surface area contributed by atoms with Gasteiger partial charge in [0, 0.05) is 6.61 Å². The van der Waals surface area contributed by atoms with Crippen LogP contribution in [0.5, 0.6) is 0 Å². The van der Waals surface area contributed by atoms with Gasteiger partial charge in [-0.25, -0.2) is 0 Å². The van der Waals surface area contributed by atoms with E-state index < -0.39 is 0 Å². The van der Waals surface area contributed by atoms with Gasteiger partial charge in [0.2, 0.25) is 16.2 Å². The van der Waals surface area contributed by atoms with E-state index in [4.69, 9.17) is 10.5 Å². The molecule has 1 aliphatic heterocycles. The molecule has 1 aromatic heterocycles. The zero-order valence-electron chi connectivity index (χ0n) is 8.97. The van der Waals surface area contributed by atoms with Gasteiger partial charge in [0.1, 0.15) is 0 Å². The first kappa shape index (κ1) is 11.3. The monoisotopic (exact) mass is 242 g/mol. The summed E-state index contributed by atoms with van der Waals surface area (Å²) in [7, 11) is 0. The van der Waals surface area contributed by atoms with Crippen molar-refractivity contribution in [3.63, 3.8) is 0 Å². The van der Waals surface area contributed by atoms with Crippen LogP contribution < -0.4 is 11.1 Å². The molecule has 1 aliphatic rings. The molecule has 0 bridgehead atoms. The number of nitrogen functional groups attached to an aromatic ring is 1. The minimum absolute atomic E-state index is 0.0188. The Hall–Kier alpha value is -1.21. The topological polar surface area (TPSA) is 90.1 Å². The second-order valence-corrected chi connectivity index (χ2v) is 4.66. The first-order chi connectivity index (χ1) is 7.70. The lowest BCUT2D eigenvalue weighted by atomic mass is 9.99. The first-order valence-corrected chi connectivity index (χ1v) is 6.03. The predicted molar refractivity (Wildman–Crippen MR) is 61.1 cm³/mol. The third-order valence-corrected chi connectivity index (χ3v) is 3.29. The molecule has 0 saturated carbocycles. The molecule has 6 nitrogen and oxygen atoms in total. The maximum atomic E-state index is 11.9. The summed E-state index contributed by atoms with van der Waals surface area (Å²) < 4.78 is 5.46. The van der Waals surface area contributed by atoms with Crippen LogP contribution >= 0.6 is 11.3 Å². The number of nitrogens with zero attached hydrogens (tertiary/aromatic N) is 2. The number of ether oxygens (including phenoxy) is 1. The second-order valence-electron chi connectivity index (χ2n) is 3.65. The van der Waals surface area contributed by atoms with Crippen LogP contribution in [0.4, 0.5) is 10.3 Å². The van der Waals surface area contributed by atoms with Crippen LogP contribution in [0.1, 0.15) is 19.8 Å². The van der Waals surface area contributed by atoms with Crippen molar-refractivity contribution in [2.75, 3.05) is 17.7 Å². The third-order valence-electron chi connectivity index (χ3n) is 2.62. The summed E-state index contributed by atoms with van der Waals surface area (Å²) in [5.74, 6) is -0.143. The van der Waals surface area contributed by atoms with E-state index in [-0.39, 0.29) is 17.9 Å². The number of hydrogen-bond acceptors (Lipinski definition) is 6. The quantitative estimate of drug-likeness (QED) is 0.821. The smallest absolute Gasteiger partial charge is 0.232 e. The molecule has 0 spiro atoms. The SMILES string of the molecule is CCC1OCCC1C(=O)Nc1nnc(N)s1. The van der Waals surface area contributed by atoms with Gasteiger partial charge in [-0.15, -0.1) is 10.2 Å². The lowest BCUT2D eigenvalue weighted by Gasteiger charge is -2.14. The fraction of sp³-hybridized carbons (Fsp3) is 0.667. The minimum atomic E-state index is -0.0878. The van der Waals surface area contributed by atoms with E-state index in [1.54, 1.807) is 0 Å². The Kier molecular flexibility index (Phi) is 3.35. The molecule has 2 unspecified atom stereocenters. The van der Waals surface area contributed by atoms with Crippen LogP contribution in [0.15, 0.2) is 0 Å². The van der Waals surface area contributed by atoms with Crippen molar-refractivity contribution in [2.24, 2.45) is 5.92 Å². The summed E-state index contributed by atoms with van der Waals surface area (Å²) in [6.07, 6.45) is 1.62. The minimum Gasteiger partial charge on any atom is -0.377 e. The molecule has 7 heteroatoms. The molecule has 2 heterocycles. The van der Waals surface area contributed by atoms with E-state index in [1.165, 1.54) is 11.3 Å². The molecule has 1 amide bonds. The van der Waals surface area contributed by atoms with E-state index >= 15 is 0 Å². The molecule has 3 N–H and O–H groups in total. The van der Waals surface area contributed by atoms with Gasteiger partial charge in [-0.2, -0.15) is 0 Å². The molecule has 16 heavy (non-hydrogen) atoms. The lowest BCUT2D eigenvalue weighted by Crippen LogP contribution is -2.29. The Bertz CT molecular complexity index is 381. The van der Waals surface area contributed by atoms with Crippen LogP contribution in [-0.4, -0.2) is 28.8 Å². The lowest BCUT2D eigenvalue weighted by molar-refractivity contribution is -0.121. The molecule has 0 aliphatic carbocycles. The van der Waals surface area contributed by atoms with Gasteiger partial charge in [-0.05, 0) is 12.8 Å². The summed E-state index contributed by atoms with van der Waals surface area (Å²) >= 11 is 1.17. The molecule has 1 aromatic rings. The number of rotatable bonds is 3. The average molecular weight is 242 g/mol. The predicted octanol–water partition coefficient (Wildman–Crippen LogP) is 0.874. The van der Waals surface area contributed by atoms with Gasteiger partial charge in [0.25, 0.3) is 0 Å². The van der Waals surface area contributed by atoms with Crippen LogP contribution in [0.2, 0.25) is 0 Å². The zero-order chi connectivity index (χ0) is 11.5. The number of nitrogens with two attached hydrogens (primary N) is 1. The molecular formula is C9H14N4O2S. The van der Waals surface area contributed by atoms with Crippen molar-refractivity contribution in [3.05, 3.63) is 0 Å². The normalized spacial score (nSPS) is 24.6. The highest BCUT2D eigenvalue weighted by Crippen LogP contribution is 2.25. The highest BCUT2D eigenvalue weighted by Gasteiger charge is 2.33. The molecular weight excluding hydrogens is 228 g/mol. The standard InChI is InChI=1S/C9H14N4O2S/c1-2-6-5(3-4-15-6)7(14)11-9-13-12-8(10)16-9/h5-6H,2-4H2,1H3,(H2,10,12)(H,11,13,14). The van der Waals surface area contributed by atoms with E-state index in [0.717, 1.165) is 12.8 Å². The Balaban J connectivity index is 1.97. The number of anilines is 2. The number of nitrogens with one attached hydrogen (secondary N) is 1. The largest absolute Gasteiger partial charge is 0.377 e. The van der Waals surface area contributed by atoms with Gasteiger partial charge in [-0.3, -0.25) is 4.79 Å². The highest BCUT2D eigenvalue weighted by atomic mass is 32.1. The molecule has 1 fully saturated rings. The number of carbonyl (C=O) groups excluding carboxylic acids is 1. The Morgan fingerprint density at radius 1 is 1.69 bits per heavy atom. The van der Waals surface area contributed by atoms with Crippen LogP contribution in [0.3, 0.4) is 0 Å². The second kappa shape index (κ2) is 4.75. The van der Waals surface area contributed by atoms with Gasteiger partial charge in [0.05, 0.1) is 12.0 Å². The molecule has 2 rings (SSSR count). The Morgan fingerprint density at radius 3 is 3.12 bits per heavy atom. The fourth-order valence-electron chi connectivity index (χ4n) is 1.83. The maximum Gasteiger partial charge on any atom is 0.232 e. The van der Waals surface area contributed by atoms with Crippen LogP contribution in [0, 0.1) is 5.92 Å². The van der Waals surface area contributed by atoms with Gasteiger partial charge in [0.15, 0.2) is 0 Å². The summed E-state index contributed by atoms with van der Waals surface area (Å²) in [5.41, 5.74) is 5.43. The van der Waals surface area contributed by atoms with Crippen molar-refractivity contribution in [1.82, 2.24) is 10.2 Å². The highest BCUT2D eigenvalue weighted by molar-refractivity contribution is 7.18. The number of hydrogen-bond donors (Lipinski definition) is 2. The van der Waals surface area contributed by atoms with E-state index in [0.29, 0.717) is 16.9 Å². The van der Waals surface area contributed by atoms with Crippen molar-refractivity contribution in [1.29, 1.82) is 0 Å². The first-order valence-electron chi connectivity index (χ1n) is 5.22. The average Bonchev–Trinajstić information content (AvgIpc) is 2.86. The Labute approximate surface area is 97.2 Å². The van der Waals surface area contributed by atoms with Crippen molar-refractivity contribution < 1.29 is 9.53 Å². The molecule has 0 radical (unpaired) electrons. The van der Waals surface area contributed by atoms with E-state index in [9.17, 15) is 4.79 Å². The van der Waals surface area contributed by atoms with Gasteiger partial charge < -0.3 is 15.8 Å². The van der Waals surface area contributed by atoms with Crippen LogP contribution in [-0.2, 0) is 9.53 Å². The van der Waals surface area contributed by atoms with Gasteiger partial charge in [-0.1, -0.05) is 18.3 Å². The van der Waals surface area contributed by atoms with E-state index in [1.807, 2.05) is 6.92 Å². The molecule has 2 atom stereocenters. The number of amides is 1. The zero-order valence-corrected chi connectivity index (χ0v) is 9.79. The van der Waals surface area contributed by atoms with Crippen molar-refractivity contribution in [2.45, 2.75) is 25.9 Å². The number of carbonyl (C=O) groups is 1. The molecule has 1 saturated heterocycles.